The Bertz CT molecular complexity index is 237. The van der Waals surface area contributed by atoms with Crippen LogP contribution >= 0.6 is 15.9 Å². The summed E-state index contributed by atoms with van der Waals surface area (Å²) in [5, 5.41) is 8.54. The van der Waals surface area contributed by atoms with E-state index >= 15 is 0 Å². The highest BCUT2D eigenvalue weighted by molar-refractivity contribution is 9.10. The van der Waals surface area contributed by atoms with Crippen molar-refractivity contribution >= 4 is 35.9 Å². The number of alkyl halides is 1. The lowest BCUT2D eigenvalue weighted by atomic mass is 10.3. The molecule has 0 radical (unpaired) electrons. The van der Waals surface area contributed by atoms with Crippen LogP contribution in [0.15, 0.2) is 0 Å². The summed E-state index contributed by atoms with van der Waals surface area (Å²) in [6.07, 6.45) is -0.124. The van der Waals surface area contributed by atoms with Gasteiger partial charge in [-0.15, -0.1) is 0 Å². The Morgan fingerprint density at radius 1 is 1.40 bits per heavy atom. The highest BCUT2D eigenvalue weighted by Crippen LogP contribution is 2.10. The quantitative estimate of drug-likeness (QED) is 0.463. The molecule has 0 aliphatic rings. The first-order chi connectivity index (χ1) is 6.72. The molecule has 0 saturated heterocycles. The summed E-state index contributed by atoms with van der Waals surface area (Å²) in [5.74, 6) is -1.50. The average molecular weight is 297 g/mol. The van der Waals surface area contributed by atoms with Crippen LogP contribution in [-0.4, -0.2) is 36.6 Å². The van der Waals surface area contributed by atoms with Gasteiger partial charge >= 0.3 is 11.9 Å². The Morgan fingerprint density at radius 2 is 1.93 bits per heavy atom. The second kappa shape index (κ2) is 6.27. The third kappa shape index (κ3) is 8.62. The minimum Gasteiger partial charge on any atom is -0.480 e. The summed E-state index contributed by atoms with van der Waals surface area (Å²) in [5.41, 5.74) is 0. The van der Waals surface area contributed by atoms with Crippen LogP contribution in [0.4, 0.5) is 0 Å². The maximum Gasteiger partial charge on any atom is 0.317 e. The van der Waals surface area contributed by atoms with Gasteiger partial charge in [-0.2, -0.15) is 0 Å². The number of esters is 1. The number of halogens is 1. The van der Waals surface area contributed by atoms with Gasteiger partial charge in [0.25, 0.3) is 0 Å². The fraction of sp³-hybridized carbons (Fsp3) is 0.778. The fourth-order valence-corrected chi connectivity index (χ4v) is 1.74. The molecule has 6 heteroatoms. The number of carbonyl (C=O) groups excluding carboxylic acids is 1. The highest BCUT2D eigenvalue weighted by atomic mass is 79.9. The molecule has 1 N–H and O–H groups in total. The van der Waals surface area contributed by atoms with E-state index in [1.54, 1.807) is 0 Å². The van der Waals surface area contributed by atoms with Gasteiger partial charge in [0.05, 0.1) is 13.0 Å². The summed E-state index contributed by atoms with van der Waals surface area (Å²) in [6.45, 7) is 6.95. The molecule has 0 spiro atoms. The monoisotopic (exact) mass is 296 g/mol. The van der Waals surface area contributed by atoms with Gasteiger partial charge in [0.1, 0.15) is 4.83 Å². The van der Waals surface area contributed by atoms with E-state index < -0.39 is 24.8 Å². The van der Waals surface area contributed by atoms with Crippen LogP contribution in [0.2, 0.25) is 25.7 Å². The van der Waals surface area contributed by atoms with Crippen LogP contribution in [-0.2, 0) is 14.3 Å². The van der Waals surface area contributed by atoms with Gasteiger partial charge in [0.2, 0.25) is 0 Å². The van der Waals surface area contributed by atoms with Crippen molar-refractivity contribution in [2.24, 2.45) is 0 Å². The SMILES string of the molecule is C[Si](C)(C)CCOC(=O)CC(Br)C(=O)O. The number of aliphatic carboxylic acids is 1. The predicted molar refractivity (Wildman–Crippen MR) is 64.1 cm³/mol. The van der Waals surface area contributed by atoms with E-state index in [0.29, 0.717) is 6.61 Å². The van der Waals surface area contributed by atoms with Crippen molar-refractivity contribution in [3.05, 3.63) is 0 Å². The number of carboxylic acids is 1. The number of carbonyl (C=O) groups is 2. The summed E-state index contributed by atoms with van der Waals surface area (Å²) in [4.78, 5) is 20.7. The minimum absolute atomic E-state index is 0.124. The Morgan fingerprint density at radius 3 is 2.33 bits per heavy atom. The topological polar surface area (TPSA) is 63.6 Å². The normalized spacial score (nSPS) is 13.3. The summed E-state index contributed by atoms with van der Waals surface area (Å²) in [6, 6.07) is 0.902. The fourth-order valence-electron chi connectivity index (χ4n) is 0.764. The zero-order chi connectivity index (χ0) is 12.1. The van der Waals surface area contributed by atoms with Crippen LogP contribution in [0.25, 0.3) is 0 Å². The Labute approximate surface area is 99.1 Å². The van der Waals surface area contributed by atoms with Crippen molar-refractivity contribution in [2.75, 3.05) is 6.61 Å². The van der Waals surface area contributed by atoms with Crippen LogP contribution < -0.4 is 0 Å². The number of rotatable bonds is 6. The van der Waals surface area contributed by atoms with E-state index in [2.05, 4.69) is 35.6 Å². The molecule has 0 saturated carbocycles. The molecule has 0 aromatic heterocycles. The van der Waals surface area contributed by atoms with Crippen molar-refractivity contribution in [3.63, 3.8) is 0 Å². The lowest BCUT2D eigenvalue weighted by Gasteiger charge is -2.15. The molecule has 88 valence electrons. The molecule has 1 unspecified atom stereocenters. The number of hydrogen-bond donors (Lipinski definition) is 1. The summed E-state index contributed by atoms with van der Waals surface area (Å²) in [7, 11) is -1.19. The molecule has 0 aliphatic heterocycles. The van der Waals surface area contributed by atoms with Crippen LogP contribution in [0.1, 0.15) is 6.42 Å². The van der Waals surface area contributed by atoms with Gasteiger partial charge in [0.15, 0.2) is 0 Å². The maximum atomic E-state index is 11.1. The molecule has 4 nitrogen and oxygen atoms in total. The van der Waals surface area contributed by atoms with Gasteiger partial charge in [-0.25, -0.2) is 0 Å². The third-order valence-electron chi connectivity index (χ3n) is 1.73. The van der Waals surface area contributed by atoms with Gasteiger partial charge in [-0.1, -0.05) is 35.6 Å². The Balaban J connectivity index is 3.72. The largest absolute Gasteiger partial charge is 0.480 e. The third-order valence-corrected chi connectivity index (χ3v) is 4.15. The molecule has 0 fully saturated rings. The van der Waals surface area contributed by atoms with Crippen LogP contribution in [0, 0.1) is 0 Å². The lowest BCUT2D eigenvalue weighted by molar-refractivity contribution is -0.146. The molecule has 0 heterocycles. The Hall–Kier alpha value is -0.363. The standard InChI is InChI=1S/C9H17BrO4Si/c1-15(2,3)5-4-14-8(11)6-7(10)9(12)13/h7H,4-6H2,1-3H3,(H,12,13). The zero-order valence-corrected chi connectivity index (χ0v) is 11.8. The lowest BCUT2D eigenvalue weighted by Crippen LogP contribution is -2.24. The van der Waals surface area contributed by atoms with Crippen molar-refractivity contribution < 1.29 is 19.4 Å². The van der Waals surface area contributed by atoms with E-state index in [-0.39, 0.29) is 6.42 Å². The molecule has 0 rings (SSSR count). The molecule has 0 aromatic carbocycles. The van der Waals surface area contributed by atoms with E-state index in [4.69, 9.17) is 9.84 Å². The van der Waals surface area contributed by atoms with E-state index in [1.807, 2.05) is 0 Å². The second-order valence-electron chi connectivity index (χ2n) is 4.54. The predicted octanol–water partition coefficient (Wildman–Crippen LogP) is 2.11. The smallest absolute Gasteiger partial charge is 0.317 e. The summed E-state index contributed by atoms with van der Waals surface area (Å²) >= 11 is 2.88. The molecule has 15 heavy (non-hydrogen) atoms. The van der Waals surface area contributed by atoms with Crippen molar-refractivity contribution in [2.45, 2.75) is 36.9 Å². The first kappa shape index (κ1) is 14.6. The maximum absolute atomic E-state index is 11.1. The van der Waals surface area contributed by atoms with E-state index in [9.17, 15) is 9.59 Å². The van der Waals surface area contributed by atoms with Crippen molar-refractivity contribution in [3.8, 4) is 0 Å². The first-order valence-electron chi connectivity index (χ1n) is 4.75. The van der Waals surface area contributed by atoms with Gasteiger partial charge in [-0.3, -0.25) is 9.59 Å². The average Bonchev–Trinajstić information content (AvgIpc) is 2.01. The molecule has 1 atom stereocenters. The molecule has 0 amide bonds. The van der Waals surface area contributed by atoms with Gasteiger partial charge in [0, 0.05) is 8.07 Å². The highest BCUT2D eigenvalue weighted by Gasteiger charge is 2.19. The molecule has 0 aromatic rings. The van der Waals surface area contributed by atoms with Gasteiger partial charge in [-0.05, 0) is 6.04 Å². The molecule has 0 bridgehead atoms. The van der Waals surface area contributed by atoms with Crippen LogP contribution in [0.5, 0.6) is 0 Å². The first-order valence-corrected chi connectivity index (χ1v) is 9.37. The number of ether oxygens (including phenoxy) is 1. The molecular weight excluding hydrogens is 280 g/mol. The Kier molecular flexibility index (Phi) is 6.12. The number of hydrogen-bond acceptors (Lipinski definition) is 3. The molecule has 0 aliphatic carbocycles. The summed E-state index contributed by atoms with van der Waals surface area (Å²) < 4.78 is 4.94. The van der Waals surface area contributed by atoms with Crippen molar-refractivity contribution in [1.29, 1.82) is 0 Å². The zero-order valence-electron chi connectivity index (χ0n) is 9.25. The second-order valence-corrected chi connectivity index (χ2v) is 11.3. The number of carboxylic acid groups (broad SMARTS) is 1. The van der Waals surface area contributed by atoms with Crippen LogP contribution in [0.3, 0.4) is 0 Å². The van der Waals surface area contributed by atoms with E-state index in [0.717, 1.165) is 6.04 Å². The van der Waals surface area contributed by atoms with Crippen molar-refractivity contribution in [1.82, 2.24) is 0 Å². The molecular formula is C9H17BrO4Si. The van der Waals surface area contributed by atoms with E-state index in [1.165, 1.54) is 0 Å². The minimum atomic E-state index is -1.19. The van der Waals surface area contributed by atoms with Gasteiger partial charge < -0.3 is 9.84 Å².